The van der Waals surface area contributed by atoms with Crippen molar-refractivity contribution in [2.45, 2.75) is 44.1 Å². The number of carbonyl (C=O) groups excluding carboxylic acids is 1. The first-order chi connectivity index (χ1) is 11.5. The number of hydrogen-bond donors (Lipinski definition) is 2. The summed E-state index contributed by atoms with van der Waals surface area (Å²) in [4.78, 5) is 13.9. The van der Waals surface area contributed by atoms with Gasteiger partial charge in [0.1, 0.15) is 12.2 Å². The van der Waals surface area contributed by atoms with Crippen LogP contribution in [0.15, 0.2) is 23.8 Å². The lowest BCUT2D eigenvalue weighted by Crippen LogP contribution is -2.51. The zero-order chi connectivity index (χ0) is 17.0. The van der Waals surface area contributed by atoms with Gasteiger partial charge in [0.05, 0.1) is 7.11 Å². The second-order valence-electron chi connectivity index (χ2n) is 6.72. The fourth-order valence-electron chi connectivity index (χ4n) is 4.46. The van der Waals surface area contributed by atoms with Gasteiger partial charge in [-0.05, 0) is 29.7 Å². The lowest BCUT2D eigenvalue weighted by Gasteiger charge is -2.45. The Bertz CT molecular complexity index is 728. The topological polar surface area (TPSA) is 79.2 Å². The normalized spacial score (nSPS) is 31.0. The lowest BCUT2D eigenvalue weighted by molar-refractivity contribution is -0.154. The van der Waals surface area contributed by atoms with E-state index < -0.39 is 18.2 Å². The van der Waals surface area contributed by atoms with Crippen LogP contribution in [0.1, 0.15) is 30.4 Å². The number of methoxy groups -OCH3 is 1. The first-order valence-corrected chi connectivity index (χ1v) is 8.19. The van der Waals surface area contributed by atoms with Crippen molar-refractivity contribution in [1.82, 2.24) is 4.90 Å². The highest BCUT2D eigenvalue weighted by Crippen LogP contribution is 2.49. The molecule has 0 bridgehead atoms. The van der Waals surface area contributed by atoms with E-state index in [0.29, 0.717) is 5.75 Å². The van der Waals surface area contributed by atoms with Gasteiger partial charge in [0.25, 0.3) is 0 Å². The number of carbonyl (C=O) groups is 1. The summed E-state index contributed by atoms with van der Waals surface area (Å²) in [5.41, 5.74) is 3.16. The molecule has 0 spiro atoms. The third-order valence-corrected chi connectivity index (χ3v) is 5.35. The molecule has 3 aliphatic rings. The van der Waals surface area contributed by atoms with Gasteiger partial charge in [-0.15, -0.1) is 0 Å². The van der Waals surface area contributed by atoms with Gasteiger partial charge < -0.3 is 19.7 Å². The Morgan fingerprint density at radius 2 is 2.17 bits per heavy atom. The highest BCUT2D eigenvalue weighted by molar-refractivity contribution is 5.66. The van der Waals surface area contributed by atoms with Gasteiger partial charge in [0.15, 0.2) is 11.5 Å². The highest BCUT2D eigenvalue weighted by Gasteiger charge is 2.50. The first kappa shape index (κ1) is 15.5. The van der Waals surface area contributed by atoms with Gasteiger partial charge >= 0.3 is 5.97 Å². The second kappa shape index (κ2) is 5.50. The summed E-state index contributed by atoms with van der Waals surface area (Å²) in [6.07, 6.45) is 1.26. The number of rotatable bonds is 2. The number of aliphatic hydroxyl groups excluding tert-OH is 1. The van der Waals surface area contributed by atoms with E-state index in [0.717, 1.165) is 30.6 Å². The molecule has 2 aliphatic heterocycles. The molecule has 0 unspecified atom stereocenters. The van der Waals surface area contributed by atoms with Gasteiger partial charge in [-0.25, -0.2) is 0 Å². The summed E-state index contributed by atoms with van der Waals surface area (Å²) in [5.74, 6) is -0.102. The molecule has 1 fully saturated rings. The summed E-state index contributed by atoms with van der Waals surface area (Å²) in [5, 5.41) is 20.7. The lowest BCUT2D eigenvalue weighted by atomic mass is 9.73. The molecule has 0 amide bonds. The van der Waals surface area contributed by atoms with Crippen molar-refractivity contribution in [2.75, 3.05) is 13.7 Å². The number of aliphatic hydroxyl groups is 1. The molecule has 6 nitrogen and oxygen atoms in total. The predicted octanol–water partition coefficient (Wildman–Crippen LogP) is 1.30. The van der Waals surface area contributed by atoms with E-state index in [2.05, 4.69) is 4.90 Å². The van der Waals surface area contributed by atoms with Crippen molar-refractivity contribution >= 4 is 5.97 Å². The number of esters is 1. The fourth-order valence-corrected chi connectivity index (χ4v) is 4.46. The van der Waals surface area contributed by atoms with Gasteiger partial charge in [-0.2, -0.15) is 0 Å². The Labute approximate surface area is 140 Å². The van der Waals surface area contributed by atoms with Gasteiger partial charge in [0, 0.05) is 32.0 Å². The van der Waals surface area contributed by atoms with Gasteiger partial charge in [-0.1, -0.05) is 11.6 Å². The number of phenolic OH excluding ortho intramolecular Hbond substituents is 1. The zero-order valence-corrected chi connectivity index (χ0v) is 13.7. The molecule has 1 aliphatic carbocycles. The van der Waals surface area contributed by atoms with Crippen molar-refractivity contribution in [3.05, 3.63) is 34.9 Å². The zero-order valence-electron chi connectivity index (χ0n) is 13.7. The minimum Gasteiger partial charge on any atom is -0.504 e. The van der Waals surface area contributed by atoms with Crippen LogP contribution in [0.25, 0.3) is 0 Å². The molecule has 0 radical (unpaired) electrons. The molecule has 128 valence electrons. The summed E-state index contributed by atoms with van der Waals surface area (Å²) in [6.45, 7) is 3.02. The number of hydrogen-bond acceptors (Lipinski definition) is 6. The number of aromatic hydroxyl groups is 1. The average molecular weight is 331 g/mol. The Morgan fingerprint density at radius 1 is 1.38 bits per heavy atom. The second-order valence-corrected chi connectivity index (χ2v) is 6.72. The minimum atomic E-state index is -0.833. The van der Waals surface area contributed by atoms with Gasteiger partial charge in [0.2, 0.25) is 0 Å². The molecule has 0 saturated carbocycles. The summed E-state index contributed by atoms with van der Waals surface area (Å²) in [7, 11) is 1.52. The SMILES string of the molecule is COc1cc2c(cc1O)[C@@H]1[C@H](OC(C)=O)[C@@H](O)C=C3CCN(C2)[C@H]31. The molecule has 1 aromatic rings. The van der Waals surface area contributed by atoms with Crippen LogP contribution in [0.2, 0.25) is 0 Å². The number of phenols is 1. The van der Waals surface area contributed by atoms with E-state index in [1.807, 2.05) is 12.1 Å². The van der Waals surface area contributed by atoms with Crippen LogP contribution in [0, 0.1) is 0 Å². The van der Waals surface area contributed by atoms with Crippen LogP contribution in [0.5, 0.6) is 11.5 Å². The van der Waals surface area contributed by atoms with Crippen molar-refractivity contribution in [3.63, 3.8) is 0 Å². The van der Waals surface area contributed by atoms with Crippen LogP contribution in [-0.4, -0.2) is 53.0 Å². The highest BCUT2D eigenvalue weighted by atomic mass is 16.6. The Kier molecular flexibility index (Phi) is 3.54. The van der Waals surface area contributed by atoms with Crippen LogP contribution < -0.4 is 4.74 Å². The van der Waals surface area contributed by atoms with Crippen LogP contribution >= 0.6 is 0 Å². The molecule has 6 heteroatoms. The molecule has 2 N–H and O–H groups in total. The largest absolute Gasteiger partial charge is 0.504 e. The van der Waals surface area contributed by atoms with E-state index in [4.69, 9.17) is 9.47 Å². The van der Waals surface area contributed by atoms with E-state index in [1.54, 1.807) is 6.07 Å². The molecule has 1 aromatic carbocycles. The molecular weight excluding hydrogens is 310 g/mol. The van der Waals surface area contributed by atoms with E-state index in [9.17, 15) is 15.0 Å². The number of fused-ring (bicyclic) bond motifs is 2. The Morgan fingerprint density at radius 3 is 2.88 bits per heavy atom. The van der Waals surface area contributed by atoms with Crippen molar-refractivity contribution < 1.29 is 24.5 Å². The first-order valence-electron chi connectivity index (χ1n) is 8.19. The number of nitrogens with zero attached hydrogens (tertiary/aromatic N) is 1. The standard InChI is InChI=1S/C18H21NO5/c1-9(20)24-18-14(22)5-10-3-4-19-8-11-6-15(23-2)13(21)7-12(11)16(18)17(10)19/h5-7,14,16-18,21-22H,3-4,8H2,1-2H3/t14-,16-,17+,18+/m0/s1. The fraction of sp³-hybridized carbons (Fsp3) is 0.500. The van der Waals surface area contributed by atoms with Crippen molar-refractivity contribution in [3.8, 4) is 11.5 Å². The minimum absolute atomic E-state index is 0.0647. The molecule has 4 atom stereocenters. The Hall–Kier alpha value is -2.05. The summed E-state index contributed by atoms with van der Waals surface area (Å²) in [6, 6.07) is 3.65. The third-order valence-electron chi connectivity index (χ3n) is 5.35. The van der Waals surface area contributed by atoms with Crippen molar-refractivity contribution in [2.24, 2.45) is 0 Å². The molecule has 2 heterocycles. The molecular formula is C18H21NO5. The maximum absolute atomic E-state index is 11.6. The Balaban J connectivity index is 1.86. The molecule has 1 saturated heterocycles. The third kappa shape index (κ3) is 2.21. The predicted molar refractivity (Wildman–Crippen MR) is 85.9 cm³/mol. The van der Waals surface area contributed by atoms with Crippen LogP contribution in [-0.2, 0) is 16.1 Å². The summed E-state index contributed by atoms with van der Waals surface area (Å²) >= 11 is 0. The van der Waals surface area contributed by atoms with E-state index in [-0.39, 0.29) is 17.7 Å². The quantitative estimate of drug-likeness (QED) is 0.628. The van der Waals surface area contributed by atoms with Crippen LogP contribution in [0.4, 0.5) is 0 Å². The van der Waals surface area contributed by atoms with E-state index >= 15 is 0 Å². The number of benzene rings is 1. The maximum atomic E-state index is 11.6. The maximum Gasteiger partial charge on any atom is 0.303 e. The smallest absolute Gasteiger partial charge is 0.303 e. The molecule has 0 aromatic heterocycles. The van der Waals surface area contributed by atoms with E-state index in [1.165, 1.54) is 19.6 Å². The van der Waals surface area contributed by atoms with Crippen molar-refractivity contribution in [1.29, 1.82) is 0 Å². The summed E-state index contributed by atoms with van der Waals surface area (Å²) < 4.78 is 10.7. The molecule has 24 heavy (non-hydrogen) atoms. The molecule has 4 rings (SSSR count). The van der Waals surface area contributed by atoms with Gasteiger partial charge in [-0.3, -0.25) is 9.69 Å². The van der Waals surface area contributed by atoms with Crippen LogP contribution in [0.3, 0.4) is 0 Å². The average Bonchev–Trinajstić information content (AvgIpc) is 2.92. The number of ether oxygens (including phenoxy) is 2. The monoisotopic (exact) mass is 331 g/mol.